The van der Waals surface area contributed by atoms with Crippen molar-refractivity contribution in [2.45, 2.75) is 11.7 Å². The average Bonchev–Trinajstić information content (AvgIpc) is 2.72. The zero-order valence-electron chi connectivity index (χ0n) is 9.67. The molecule has 1 aliphatic heterocycles. The molecule has 1 atom stereocenters. The molecule has 1 unspecified atom stereocenters. The highest BCUT2D eigenvalue weighted by Crippen LogP contribution is 2.28. The molecule has 1 aromatic rings. The number of hydrogen-bond acceptors (Lipinski definition) is 3. The fourth-order valence-corrected chi connectivity index (χ4v) is 2.67. The summed E-state index contributed by atoms with van der Waals surface area (Å²) in [6.45, 7) is 0.748. The molecular weight excluding hydrogens is 234 g/mol. The summed E-state index contributed by atoms with van der Waals surface area (Å²) in [7, 11) is 1.64. The van der Waals surface area contributed by atoms with E-state index in [1.807, 2.05) is 30.3 Å². The highest BCUT2D eigenvalue weighted by molar-refractivity contribution is 8.14. The Bertz CT molecular complexity index is 433. The van der Waals surface area contributed by atoms with E-state index in [1.54, 1.807) is 11.9 Å². The second-order valence-electron chi connectivity index (χ2n) is 3.78. The molecular formula is C12H15N3OS. The zero-order valence-corrected chi connectivity index (χ0v) is 10.5. The Kier molecular flexibility index (Phi) is 3.68. The monoisotopic (exact) mass is 249 g/mol. The first-order valence-corrected chi connectivity index (χ1v) is 6.35. The maximum Gasteiger partial charge on any atom is 0.240 e. The van der Waals surface area contributed by atoms with Crippen molar-refractivity contribution in [3.8, 4) is 0 Å². The van der Waals surface area contributed by atoms with Gasteiger partial charge < -0.3 is 10.6 Å². The smallest absolute Gasteiger partial charge is 0.240 e. The van der Waals surface area contributed by atoms with Crippen LogP contribution in [-0.4, -0.2) is 29.9 Å². The molecule has 0 saturated carbocycles. The Morgan fingerprint density at radius 3 is 2.82 bits per heavy atom. The number of amides is 1. The lowest BCUT2D eigenvalue weighted by molar-refractivity contribution is -0.116. The molecule has 17 heavy (non-hydrogen) atoms. The molecule has 1 fully saturated rings. The first-order valence-electron chi connectivity index (χ1n) is 5.47. The van der Waals surface area contributed by atoms with Crippen molar-refractivity contribution in [1.82, 2.24) is 0 Å². The molecule has 1 saturated heterocycles. The minimum atomic E-state index is -0.0982. The Morgan fingerprint density at radius 2 is 2.18 bits per heavy atom. The number of anilines is 1. The van der Waals surface area contributed by atoms with Crippen LogP contribution < -0.4 is 10.6 Å². The minimum Gasteiger partial charge on any atom is -0.379 e. The van der Waals surface area contributed by atoms with Gasteiger partial charge in [0, 0.05) is 19.3 Å². The standard InChI is InChI=1S/C12H15N3OS/c1-14-12(13)17-10-7-8-15(11(10)16)9-5-3-2-4-6-9/h2-6,10H,7-8H2,1H3,(H2,13,14). The third kappa shape index (κ3) is 2.61. The van der Waals surface area contributed by atoms with Crippen molar-refractivity contribution in [3.05, 3.63) is 30.3 Å². The fourth-order valence-electron chi connectivity index (χ4n) is 1.83. The molecule has 1 aliphatic rings. The van der Waals surface area contributed by atoms with Crippen LogP contribution in [0.15, 0.2) is 35.3 Å². The Labute approximate surface area is 105 Å². The number of benzene rings is 1. The first kappa shape index (κ1) is 12.0. The second-order valence-corrected chi connectivity index (χ2v) is 5.01. The van der Waals surface area contributed by atoms with Gasteiger partial charge in [-0.15, -0.1) is 0 Å². The van der Waals surface area contributed by atoms with Gasteiger partial charge in [-0.2, -0.15) is 0 Å². The van der Waals surface area contributed by atoms with E-state index in [-0.39, 0.29) is 11.2 Å². The lowest BCUT2D eigenvalue weighted by Crippen LogP contribution is -2.29. The zero-order chi connectivity index (χ0) is 12.3. The predicted molar refractivity (Wildman–Crippen MR) is 72.3 cm³/mol. The molecule has 1 heterocycles. The number of nitrogens with two attached hydrogens (primary N) is 1. The summed E-state index contributed by atoms with van der Waals surface area (Å²) < 4.78 is 0. The van der Waals surface area contributed by atoms with E-state index in [0.717, 1.165) is 18.7 Å². The van der Waals surface area contributed by atoms with Crippen LogP contribution in [0.3, 0.4) is 0 Å². The Morgan fingerprint density at radius 1 is 1.47 bits per heavy atom. The number of hydrogen-bond donors (Lipinski definition) is 1. The van der Waals surface area contributed by atoms with Crippen LogP contribution in [0, 0.1) is 0 Å². The number of para-hydroxylation sites is 1. The molecule has 1 amide bonds. The number of thioether (sulfide) groups is 1. The van der Waals surface area contributed by atoms with E-state index in [9.17, 15) is 4.79 Å². The van der Waals surface area contributed by atoms with E-state index in [2.05, 4.69) is 4.99 Å². The summed E-state index contributed by atoms with van der Waals surface area (Å²) in [5.41, 5.74) is 6.59. The summed E-state index contributed by atoms with van der Waals surface area (Å²) in [6, 6.07) is 9.71. The van der Waals surface area contributed by atoms with Crippen LogP contribution in [0.2, 0.25) is 0 Å². The molecule has 5 heteroatoms. The van der Waals surface area contributed by atoms with Crippen molar-refractivity contribution in [2.75, 3.05) is 18.5 Å². The van der Waals surface area contributed by atoms with Crippen LogP contribution in [0.4, 0.5) is 5.69 Å². The molecule has 2 rings (SSSR count). The topological polar surface area (TPSA) is 58.7 Å². The molecule has 0 aliphatic carbocycles. The van der Waals surface area contributed by atoms with Gasteiger partial charge >= 0.3 is 0 Å². The van der Waals surface area contributed by atoms with E-state index < -0.39 is 0 Å². The van der Waals surface area contributed by atoms with Crippen molar-refractivity contribution < 1.29 is 4.79 Å². The predicted octanol–water partition coefficient (Wildman–Crippen LogP) is 1.47. The lowest BCUT2D eigenvalue weighted by atomic mass is 10.3. The molecule has 2 N–H and O–H groups in total. The van der Waals surface area contributed by atoms with Crippen LogP contribution in [-0.2, 0) is 4.79 Å². The maximum absolute atomic E-state index is 12.2. The van der Waals surface area contributed by atoms with Gasteiger partial charge in [0.15, 0.2) is 5.17 Å². The van der Waals surface area contributed by atoms with Crippen LogP contribution >= 0.6 is 11.8 Å². The first-order chi connectivity index (χ1) is 8.22. The van der Waals surface area contributed by atoms with Crippen molar-refractivity contribution >= 4 is 28.5 Å². The van der Waals surface area contributed by atoms with E-state index in [0.29, 0.717) is 5.17 Å². The molecule has 0 aromatic heterocycles. The van der Waals surface area contributed by atoms with Crippen LogP contribution in [0.1, 0.15) is 6.42 Å². The van der Waals surface area contributed by atoms with Gasteiger partial charge in [-0.3, -0.25) is 9.79 Å². The van der Waals surface area contributed by atoms with Crippen molar-refractivity contribution in [1.29, 1.82) is 0 Å². The third-order valence-corrected chi connectivity index (χ3v) is 3.85. The summed E-state index contributed by atoms with van der Waals surface area (Å²) in [4.78, 5) is 17.8. The fraction of sp³-hybridized carbons (Fsp3) is 0.333. The number of carbonyl (C=O) groups excluding carboxylic acids is 1. The van der Waals surface area contributed by atoms with Gasteiger partial charge in [-0.25, -0.2) is 0 Å². The van der Waals surface area contributed by atoms with Crippen LogP contribution in [0.5, 0.6) is 0 Å². The number of aliphatic imine (C=N–C) groups is 1. The Hall–Kier alpha value is -1.49. The lowest BCUT2D eigenvalue weighted by Gasteiger charge is -2.16. The Balaban J connectivity index is 2.08. The SMILES string of the molecule is CN=C(N)SC1CCN(c2ccccc2)C1=O. The second kappa shape index (κ2) is 5.23. The van der Waals surface area contributed by atoms with Gasteiger partial charge in [-0.05, 0) is 18.6 Å². The highest BCUT2D eigenvalue weighted by Gasteiger charge is 2.33. The van der Waals surface area contributed by atoms with Gasteiger partial charge in [0.25, 0.3) is 0 Å². The third-order valence-electron chi connectivity index (χ3n) is 2.71. The molecule has 1 aromatic carbocycles. The van der Waals surface area contributed by atoms with E-state index in [1.165, 1.54) is 11.8 Å². The van der Waals surface area contributed by atoms with Gasteiger partial charge in [-0.1, -0.05) is 30.0 Å². The van der Waals surface area contributed by atoms with E-state index in [4.69, 9.17) is 5.73 Å². The summed E-state index contributed by atoms with van der Waals surface area (Å²) in [6.07, 6.45) is 0.814. The molecule has 90 valence electrons. The number of amidine groups is 1. The van der Waals surface area contributed by atoms with E-state index >= 15 is 0 Å². The normalized spacial score (nSPS) is 21.0. The quantitative estimate of drug-likeness (QED) is 0.638. The maximum atomic E-state index is 12.2. The molecule has 0 radical (unpaired) electrons. The van der Waals surface area contributed by atoms with Gasteiger partial charge in [0.05, 0.1) is 5.25 Å². The average molecular weight is 249 g/mol. The minimum absolute atomic E-state index is 0.0982. The molecule has 4 nitrogen and oxygen atoms in total. The van der Waals surface area contributed by atoms with Crippen molar-refractivity contribution in [3.63, 3.8) is 0 Å². The molecule has 0 bridgehead atoms. The number of carbonyl (C=O) groups is 1. The number of rotatable bonds is 2. The van der Waals surface area contributed by atoms with Crippen molar-refractivity contribution in [2.24, 2.45) is 10.7 Å². The molecule has 0 spiro atoms. The summed E-state index contributed by atoms with van der Waals surface area (Å²) >= 11 is 1.35. The van der Waals surface area contributed by atoms with Crippen LogP contribution in [0.25, 0.3) is 0 Å². The van der Waals surface area contributed by atoms with Gasteiger partial charge in [0.1, 0.15) is 0 Å². The largest absolute Gasteiger partial charge is 0.379 e. The van der Waals surface area contributed by atoms with Gasteiger partial charge in [0.2, 0.25) is 5.91 Å². The number of nitrogens with zero attached hydrogens (tertiary/aromatic N) is 2. The highest BCUT2D eigenvalue weighted by atomic mass is 32.2. The summed E-state index contributed by atoms with van der Waals surface area (Å²) in [5.74, 6) is 0.118. The summed E-state index contributed by atoms with van der Waals surface area (Å²) in [5, 5.41) is 0.372.